The molecule has 0 amide bonds. The molecule has 2 aromatic rings. The molecule has 0 radical (unpaired) electrons. The molecule has 0 aliphatic rings. The number of ether oxygens (including phenoxy) is 1. The second-order valence-corrected chi connectivity index (χ2v) is 4.70. The molecule has 0 unspecified atom stereocenters. The molecule has 0 saturated carbocycles. The summed E-state index contributed by atoms with van der Waals surface area (Å²) in [6, 6.07) is 2.31. The summed E-state index contributed by atoms with van der Waals surface area (Å²) >= 11 is 0. The van der Waals surface area contributed by atoms with E-state index in [0.717, 1.165) is 12.5 Å². The van der Waals surface area contributed by atoms with Crippen molar-refractivity contribution in [3.05, 3.63) is 41.7 Å². The van der Waals surface area contributed by atoms with Crippen LogP contribution in [0.3, 0.4) is 0 Å². The maximum atomic E-state index is 13.8. The zero-order chi connectivity index (χ0) is 15.2. The number of hydrogen-bond donors (Lipinski definition) is 1. The molecule has 0 saturated heterocycles. The maximum Gasteiger partial charge on any atom is 0.207 e. The van der Waals surface area contributed by atoms with Crippen molar-refractivity contribution in [1.29, 1.82) is 0 Å². The van der Waals surface area contributed by atoms with E-state index in [9.17, 15) is 8.78 Å². The number of anilines is 2. The third-order valence-corrected chi connectivity index (χ3v) is 3.10. The minimum absolute atomic E-state index is 0.0790. The number of aryl methyl sites for hydroxylation is 2. The fourth-order valence-corrected chi connectivity index (χ4v) is 1.96. The molecular weight excluding hydrogens is 276 g/mol. The Bertz CT molecular complexity index is 599. The van der Waals surface area contributed by atoms with E-state index in [4.69, 9.17) is 4.74 Å². The van der Waals surface area contributed by atoms with Gasteiger partial charge in [-0.05, 0) is 31.9 Å². The Morgan fingerprint density at radius 2 is 2.10 bits per heavy atom. The first-order valence-electron chi connectivity index (χ1n) is 6.93. The van der Waals surface area contributed by atoms with Gasteiger partial charge in [0.25, 0.3) is 0 Å². The minimum atomic E-state index is -0.502. The van der Waals surface area contributed by atoms with Crippen LogP contribution in [0.25, 0.3) is 0 Å². The van der Waals surface area contributed by atoms with Crippen molar-refractivity contribution in [2.24, 2.45) is 0 Å². The van der Waals surface area contributed by atoms with E-state index in [1.54, 1.807) is 12.4 Å². The van der Waals surface area contributed by atoms with Gasteiger partial charge in [0.1, 0.15) is 11.6 Å². The van der Waals surface area contributed by atoms with Gasteiger partial charge in [0.2, 0.25) is 5.95 Å². The normalized spacial score (nSPS) is 10.9. The summed E-state index contributed by atoms with van der Waals surface area (Å²) in [7, 11) is 0. The lowest BCUT2D eigenvalue weighted by molar-refractivity contribution is 0.142. The van der Waals surface area contributed by atoms with E-state index in [-0.39, 0.29) is 11.3 Å². The zero-order valence-corrected chi connectivity index (χ0v) is 12.2. The first kappa shape index (κ1) is 15.4. The Morgan fingerprint density at radius 3 is 2.86 bits per heavy atom. The quantitative estimate of drug-likeness (QED) is 0.793. The van der Waals surface area contributed by atoms with Crippen LogP contribution < -0.4 is 5.32 Å². The standard InChI is InChI=1S/C15H19F2N3O/c1-3-21-8-4-6-20-7-5-18-15(20)19-14-10-12(16)11(2)9-13(14)17/h5,7,9-10H,3-4,6,8H2,1-2H3,(H,18,19). The largest absolute Gasteiger partial charge is 0.382 e. The topological polar surface area (TPSA) is 39.1 Å². The Labute approximate surface area is 122 Å². The lowest BCUT2D eigenvalue weighted by Crippen LogP contribution is -2.07. The highest BCUT2D eigenvalue weighted by Gasteiger charge is 2.10. The van der Waals surface area contributed by atoms with Gasteiger partial charge in [-0.25, -0.2) is 13.8 Å². The number of aromatic nitrogens is 2. The van der Waals surface area contributed by atoms with E-state index in [0.29, 0.717) is 25.7 Å². The van der Waals surface area contributed by atoms with Crippen molar-refractivity contribution in [3.63, 3.8) is 0 Å². The van der Waals surface area contributed by atoms with E-state index in [1.165, 1.54) is 13.0 Å². The van der Waals surface area contributed by atoms with Gasteiger partial charge in [0, 0.05) is 38.2 Å². The van der Waals surface area contributed by atoms with Crippen LogP contribution in [0.2, 0.25) is 0 Å². The molecule has 0 fully saturated rings. The van der Waals surface area contributed by atoms with Crippen LogP contribution in [-0.4, -0.2) is 22.8 Å². The smallest absolute Gasteiger partial charge is 0.207 e. The number of nitrogens with zero attached hydrogens (tertiary/aromatic N) is 2. The highest BCUT2D eigenvalue weighted by molar-refractivity contribution is 5.55. The van der Waals surface area contributed by atoms with Crippen molar-refractivity contribution >= 4 is 11.6 Å². The molecule has 0 spiro atoms. The summed E-state index contributed by atoms with van der Waals surface area (Å²) in [5.41, 5.74) is 0.355. The molecule has 1 aromatic heterocycles. The van der Waals surface area contributed by atoms with Crippen LogP contribution in [0.1, 0.15) is 18.9 Å². The fourth-order valence-electron chi connectivity index (χ4n) is 1.96. The molecule has 0 aliphatic carbocycles. The molecule has 21 heavy (non-hydrogen) atoms. The number of halogens is 2. The zero-order valence-electron chi connectivity index (χ0n) is 12.2. The van der Waals surface area contributed by atoms with Crippen LogP contribution in [0.5, 0.6) is 0 Å². The lowest BCUT2D eigenvalue weighted by Gasteiger charge is -2.11. The molecule has 0 bridgehead atoms. The summed E-state index contributed by atoms with van der Waals surface area (Å²) in [5, 5.41) is 2.83. The Morgan fingerprint density at radius 1 is 1.29 bits per heavy atom. The first-order valence-corrected chi connectivity index (χ1v) is 6.93. The molecule has 0 atom stereocenters. The van der Waals surface area contributed by atoms with Crippen LogP contribution in [0.4, 0.5) is 20.4 Å². The number of nitrogens with one attached hydrogen (secondary N) is 1. The summed E-state index contributed by atoms with van der Waals surface area (Å²) in [6.45, 7) is 5.50. The number of rotatable bonds is 7. The van der Waals surface area contributed by atoms with E-state index < -0.39 is 11.6 Å². The first-order chi connectivity index (χ1) is 10.1. The van der Waals surface area contributed by atoms with Gasteiger partial charge in [0.15, 0.2) is 0 Å². The van der Waals surface area contributed by atoms with Crippen molar-refractivity contribution in [1.82, 2.24) is 9.55 Å². The highest BCUT2D eigenvalue weighted by atomic mass is 19.1. The average molecular weight is 295 g/mol. The fraction of sp³-hybridized carbons (Fsp3) is 0.400. The van der Waals surface area contributed by atoms with Crippen molar-refractivity contribution < 1.29 is 13.5 Å². The number of hydrogen-bond acceptors (Lipinski definition) is 3. The molecule has 4 nitrogen and oxygen atoms in total. The van der Waals surface area contributed by atoms with Crippen LogP contribution >= 0.6 is 0 Å². The second kappa shape index (κ2) is 7.17. The third-order valence-electron chi connectivity index (χ3n) is 3.10. The summed E-state index contributed by atoms with van der Waals surface area (Å²) < 4.78 is 34.5. The number of imidazole rings is 1. The predicted molar refractivity (Wildman–Crippen MR) is 77.7 cm³/mol. The van der Waals surface area contributed by atoms with Gasteiger partial charge in [0.05, 0.1) is 5.69 Å². The molecule has 1 aromatic carbocycles. The van der Waals surface area contributed by atoms with Gasteiger partial charge < -0.3 is 14.6 Å². The lowest BCUT2D eigenvalue weighted by atomic mass is 10.2. The molecule has 1 N–H and O–H groups in total. The SMILES string of the molecule is CCOCCCn1ccnc1Nc1cc(F)c(C)cc1F. The van der Waals surface area contributed by atoms with Crippen LogP contribution in [-0.2, 0) is 11.3 Å². The van der Waals surface area contributed by atoms with Gasteiger partial charge in [-0.1, -0.05) is 0 Å². The van der Waals surface area contributed by atoms with Gasteiger partial charge in [-0.2, -0.15) is 0 Å². The third kappa shape index (κ3) is 4.01. The monoisotopic (exact) mass is 295 g/mol. The van der Waals surface area contributed by atoms with Crippen LogP contribution in [0, 0.1) is 18.6 Å². The van der Waals surface area contributed by atoms with Gasteiger partial charge in [-0.15, -0.1) is 0 Å². The molecular formula is C15H19F2N3O. The molecule has 2 rings (SSSR count). The van der Waals surface area contributed by atoms with E-state index >= 15 is 0 Å². The van der Waals surface area contributed by atoms with Crippen LogP contribution in [0.15, 0.2) is 24.5 Å². The molecule has 1 heterocycles. The second-order valence-electron chi connectivity index (χ2n) is 4.70. The minimum Gasteiger partial charge on any atom is -0.382 e. The van der Waals surface area contributed by atoms with Gasteiger partial charge in [-0.3, -0.25) is 0 Å². The van der Waals surface area contributed by atoms with Crippen molar-refractivity contribution in [2.45, 2.75) is 26.8 Å². The average Bonchev–Trinajstić information content (AvgIpc) is 2.88. The predicted octanol–water partition coefficient (Wildman–Crippen LogP) is 3.64. The summed E-state index contributed by atoms with van der Waals surface area (Å²) in [4.78, 5) is 4.13. The highest BCUT2D eigenvalue weighted by Crippen LogP contribution is 2.22. The molecule has 0 aliphatic heterocycles. The Balaban J connectivity index is 2.06. The Kier molecular flexibility index (Phi) is 5.27. The summed E-state index contributed by atoms with van der Waals surface area (Å²) in [6.07, 6.45) is 4.23. The Hall–Kier alpha value is -1.95. The van der Waals surface area contributed by atoms with Crippen molar-refractivity contribution in [3.8, 4) is 0 Å². The van der Waals surface area contributed by atoms with Gasteiger partial charge >= 0.3 is 0 Å². The number of benzene rings is 1. The molecule has 114 valence electrons. The van der Waals surface area contributed by atoms with Crippen molar-refractivity contribution in [2.75, 3.05) is 18.5 Å². The summed E-state index contributed by atoms with van der Waals surface area (Å²) in [5.74, 6) is -0.472. The van der Waals surface area contributed by atoms with E-state index in [2.05, 4.69) is 10.3 Å². The molecule has 6 heteroatoms. The maximum absolute atomic E-state index is 13.8. The van der Waals surface area contributed by atoms with E-state index in [1.807, 2.05) is 11.5 Å².